The number of nitrogens with one attached hydrogen (secondary N) is 2. The Morgan fingerprint density at radius 2 is 1.95 bits per heavy atom. The van der Waals surface area contributed by atoms with Crippen LogP contribution in [0.25, 0.3) is 11.2 Å². The van der Waals surface area contributed by atoms with Crippen LogP contribution in [0.5, 0.6) is 0 Å². The van der Waals surface area contributed by atoms with Gasteiger partial charge in [0.25, 0.3) is 5.91 Å². The first-order valence-corrected chi connectivity index (χ1v) is 13.3. The number of nitrogens with zero attached hydrogens (tertiary/aromatic N) is 6. The first-order valence-electron chi connectivity index (χ1n) is 13.0. The van der Waals surface area contributed by atoms with Crippen LogP contribution in [0.3, 0.4) is 0 Å². The number of carbonyl (C=O) groups excluding carboxylic acids is 1. The standard InChI is InChI=1S/C28H33ClN8O/c1-4-37-18-25-27(34-37)33-26(16-30-25)31-19(2)20-6-5-7-23(14-20)32-28(38)21-8-9-22(24(29)15-21)17-36-12-10-35(3)11-13-36/h5-9,14-16,18-19H,4,10-13,17H2,1-3H3,(H,32,38)(H,31,33,34)/t19-/m0/s1. The van der Waals surface area contributed by atoms with Gasteiger partial charge in [0, 0.05) is 55.5 Å². The van der Waals surface area contributed by atoms with Gasteiger partial charge < -0.3 is 15.5 Å². The van der Waals surface area contributed by atoms with E-state index in [1.54, 1.807) is 12.3 Å². The van der Waals surface area contributed by atoms with E-state index < -0.39 is 0 Å². The molecule has 1 atom stereocenters. The summed E-state index contributed by atoms with van der Waals surface area (Å²) in [5.74, 6) is 0.450. The fourth-order valence-corrected chi connectivity index (χ4v) is 4.77. The lowest BCUT2D eigenvalue weighted by molar-refractivity contribution is 0.102. The molecule has 2 N–H and O–H groups in total. The number of hydrogen-bond acceptors (Lipinski definition) is 7. The summed E-state index contributed by atoms with van der Waals surface area (Å²) in [5.41, 5.74) is 4.66. The molecule has 0 saturated carbocycles. The van der Waals surface area contributed by atoms with Crippen molar-refractivity contribution in [2.75, 3.05) is 43.9 Å². The smallest absolute Gasteiger partial charge is 0.255 e. The number of likely N-dealkylation sites (N-methyl/N-ethyl adjacent to an activating group) is 1. The second-order valence-corrected chi connectivity index (χ2v) is 10.2. The Kier molecular flexibility index (Phi) is 7.87. The van der Waals surface area contributed by atoms with E-state index >= 15 is 0 Å². The average Bonchev–Trinajstić information content (AvgIpc) is 3.34. The van der Waals surface area contributed by atoms with Crippen molar-refractivity contribution in [2.45, 2.75) is 33.0 Å². The number of hydrogen-bond donors (Lipinski definition) is 2. The van der Waals surface area contributed by atoms with Crippen LogP contribution in [0.4, 0.5) is 11.5 Å². The highest BCUT2D eigenvalue weighted by Crippen LogP contribution is 2.24. The average molecular weight is 533 g/mol. The molecule has 0 radical (unpaired) electrons. The Labute approximate surface area is 227 Å². The minimum Gasteiger partial charge on any atom is -0.362 e. The van der Waals surface area contributed by atoms with Crippen LogP contribution in [0.1, 0.15) is 41.4 Å². The van der Waals surface area contributed by atoms with Gasteiger partial charge in [0.2, 0.25) is 5.65 Å². The Morgan fingerprint density at radius 3 is 2.71 bits per heavy atom. The number of aryl methyl sites for hydroxylation is 1. The maximum atomic E-state index is 13.0. The van der Waals surface area contributed by atoms with E-state index in [4.69, 9.17) is 11.6 Å². The van der Waals surface area contributed by atoms with Gasteiger partial charge in [0.05, 0.1) is 18.4 Å². The van der Waals surface area contributed by atoms with Gasteiger partial charge in [0.15, 0.2) is 0 Å². The zero-order valence-corrected chi connectivity index (χ0v) is 22.7. The van der Waals surface area contributed by atoms with Crippen LogP contribution in [-0.2, 0) is 13.1 Å². The molecule has 3 heterocycles. The second kappa shape index (κ2) is 11.5. The van der Waals surface area contributed by atoms with Crippen molar-refractivity contribution in [3.8, 4) is 0 Å². The fraction of sp³-hybridized carbons (Fsp3) is 0.357. The number of carbonyl (C=O) groups is 1. The van der Waals surface area contributed by atoms with Gasteiger partial charge in [-0.3, -0.25) is 14.4 Å². The molecule has 1 aliphatic rings. The third-order valence-electron chi connectivity index (χ3n) is 6.91. The largest absolute Gasteiger partial charge is 0.362 e. The molecule has 0 spiro atoms. The molecule has 0 aliphatic carbocycles. The maximum absolute atomic E-state index is 13.0. The van der Waals surface area contributed by atoms with Gasteiger partial charge in [-0.2, -0.15) is 5.10 Å². The first kappa shape index (κ1) is 26.1. The molecule has 0 unspecified atom stereocenters. The Balaban J connectivity index is 1.22. The number of piperazine rings is 1. The van der Waals surface area contributed by atoms with Gasteiger partial charge in [-0.25, -0.2) is 9.97 Å². The van der Waals surface area contributed by atoms with Crippen LogP contribution in [-0.4, -0.2) is 68.7 Å². The van der Waals surface area contributed by atoms with Crippen molar-refractivity contribution >= 4 is 40.2 Å². The van der Waals surface area contributed by atoms with E-state index in [1.165, 1.54) is 0 Å². The highest BCUT2D eigenvalue weighted by molar-refractivity contribution is 6.31. The monoisotopic (exact) mass is 532 g/mol. The first-order chi connectivity index (χ1) is 18.4. The summed E-state index contributed by atoms with van der Waals surface area (Å²) in [6.45, 7) is 9.76. The molecule has 38 heavy (non-hydrogen) atoms. The number of rotatable bonds is 8. The molecule has 1 aliphatic heterocycles. The number of halogens is 1. The predicted octanol–water partition coefficient (Wildman–Crippen LogP) is 4.67. The number of aromatic nitrogens is 4. The topological polar surface area (TPSA) is 91.2 Å². The van der Waals surface area contributed by atoms with Crippen molar-refractivity contribution in [3.05, 3.63) is 76.6 Å². The number of benzene rings is 2. The van der Waals surface area contributed by atoms with E-state index in [9.17, 15) is 4.79 Å². The van der Waals surface area contributed by atoms with Crippen molar-refractivity contribution in [1.82, 2.24) is 29.5 Å². The number of fused-ring (bicyclic) bond motifs is 1. The third-order valence-corrected chi connectivity index (χ3v) is 7.27. The molecular formula is C28H33ClN8O. The van der Waals surface area contributed by atoms with Crippen molar-refractivity contribution in [3.63, 3.8) is 0 Å². The second-order valence-electron chi connectivity index (χ2n) is 9.78. The quantitative estimate of drug-likeness (QED) is 0.340. The summed E-state index contributed by atoms with van der Waals surface area (Å²) < 4.78 is 1.82. The van der Waals surface area contributed by atoms with Gasteiger partial charge >= 0.3 is 0 Å². The minimum atomic E-state index is -0.196. The van der Waals surface area contributed by atoms with Gasteiger partial charge in [-0.05, 0) is 56.3 Å². The third kappa shape index (κ3) is 6.12. The van der Waals surface area contributed by atoms with E-state index in [0.717, 1.165) is 55.9 Å². The van der Waals surface area contributed by atoms with Gasteiger partial charge in [-0.1, -0.05) is 29.8 Å². The number of amides is 1. The number of anilines is 2. The lowest BCUT2D eigenvalue weighted by Crippen LogP contribution is -2.43. The van der Waals surface area contributed by atoms with E-state index in [1.807, 2.05) is 61.1 Å². The molecule has 4 aromatic rings. The Hall–Kier alpha value is -3.53. The van der Waals surface area contributed by atoms with Crippen LogP contribution < -0.4 is 10.6 Å². The lowest BCUT2D eigenvalue weighted by Gasteiger charge is -2.32. The highest BCUT2D eigenvalue weighted by atomic mass is 35.5. The molecule has 9 nitrogen and oxygen atoms in total. The summed E-state index contributed by atoms with van der Waals surface area (Å²) >= 11 is 6.57. The van der Waals surface area contributed by atoms with Crippen LogP contribution in [0, 0.1) is 0 Å². The van der Waals surface area contributed by atoms with Crippen molar-refractivity contribution < 1.29 is 4.79 Å². The van der Waals surface area contributed by atoms with Crippen LogP contribution >= 0.6 is 11.6 Å². The van der Waals surface area contributed by atoms with Crippen molar-refractivity contribution in [2.24, 2.45) is 0 Å². The summed E-state index contributed by atoms with van der Waals surface area (Å²) in [7, 11) is 2.14. The molecule has 10 heteroatoms. The minimum absolute atomic E-state index is 0.0600. The molecule has 1 amide bonds. The zero-order valence-electron chi connectivity index (χ0n) is 22.0. The van der Waals surface area contributed by atoms with E-state index in [2.05, 4.69) is 42.5 Å². The zero-order chi connectivity index (χ0) is 26.6. The van der Waals surface area contributed by atoms with Crippen molar-refractivity contribution in [1.29, 1.82) is 0 Å². The molecule has 1 fully saturated rings. The molecule has 2 aromatic heterocycles. The summed E-state index contributed by atoms with van der Waals surface area (Å²) in [5, 5.41) is 11.4. The van der Waals surface area contributed by atoms with E-state index in [-0.39, 0.29) is 11.9 Å². The molecular weight excluding hydrogens is 500 g/mol. The van der Waals surface area contributed by atoms with Gasteiger partial charge in [-0.15, -0.1) is 0 Å². The van der Waals surface area contributed by atoms with E-state index in [0.29, 0.717) is 27.7 Å². The van der Waals surface area contributed by atoms with Crippen LogP contribution in [0.2, 0.25) is 5.02 Å². The molecule has 1 saturated heterocycles. The summed E-state index contributed by atoms with van der Waals surface area (Å²) in [4.78, 5) is 26.8. The Morgan fingerprint density at radius 1 is 1.13 bits per heavy atom. The fourth-order valence-electron chi connectivity index (χ4n) is 4.53. The predicted molar refractivity (Wildman–Crippen MR) is 152 cm³/mol. The van der Waals surface area contributed by atoms with Crippen LogP contribution in [0.15, 0.2) is 54.9 Å². The summed E-state index contributed by atoms with van der Waals surface area (Å²) in [6.07, 6.45) is 3.60. The SMILES string of the molecule is CCn1cc2ncc(N[C@@H](C)c3cccc(NC(=O)c4ccc(CN5CCN(C)CC5)c(Cl)c4)c3)nc2n1. The maximum Gasteiger partial charge on any atom is 0.255 e. The molecule has 198 valence electrons. The molecule has 2 aromatic carbocycles. The highest BCUT2D eigenvalue weighted by Gasteiger charge is 2.17. The molecule has 0 bridgehead atoms. The van der Waals surface area contributed by atoms with Gasteiger partial charge in [0.1, 0.15) is 11.3 Å². The molecule has 5 rings (SSSR count). The normalized spacial score (nSPS) is 15.5. The summed E-state index contributed by atoms with van der Waals surface area (Å²) in [6, 6.07) is 13.3. The lowest BCUT2D eigenvalue weighted by atomic mass is 10.1. The Bertz CT molecular complexity index is 1430.